The summed E-state index contributed by atoms with van der Waals surface area (Å²) < 4.78 is 14.9. The molecule has 0 amide bonds. The van der Waals surface area contributed by atoms with E-state index in [0.29, 0.717) is 12.0 Å². The SMILES string of the molecule is NC(Cc1ccc(OP(=O)(O)O)cc1)C(=O)O.NC(Cc1ccccc1)C(=O)O.NCC(=O)O.O=C(O)Cc1ccc2ccccc2c1. The van der Waals surface area contributed by atoms with Crippen molar-refractivity contribution in [1.82, 2.24) is 0 Å². The van der Waals surface area contributed by atoms with Gasteiger partial charge in [-0.05, 0) is 52.4 Å². The molecule has 0 aliphatic rings. The molecular formula is C32H38N3O12P. The van der Waals surface area contributed by atoms with E-state index >= 15 is 0 Å². The number of carboxylic acid groups (broad SMARTS) is 4. The number of carboxylic acids is 4. The number of fused-ring (bicyclic) bond motifs is 1. The highest BCUT2D eigenvalue weighted by Gasteiger charge is 2.16. The van der Waals surface area contributed by atoms with Gasteiger partial charge in [-0.1, -0.05) is 84.9 Å². The zero-order chi connectivity index (χ0) is 36.3. The van der Waals surface area contributed by atoms with E-state index in [-0.39, 0.29) is 25.1 Å². The summed E-state index contributed by atoms with van der Waals surface area (Å²) in [4.78, 5) is 57.7. The van der Waals surface area contributed by atoms with Crippen LogP contribution in [0.15, 0.2) is 97.1 Å². The van der Waals surface area contributed by atoms with Crippen LogP contribution in [0.4, 0.5) is 0 Å². The molecule has 0 radical (unpaired) electrons. The van der Waals surface area contributed by atoms with Crippen molar-refractivity contribution in [2.24, 2.45) is 17.2 Å². The van der Waals surface area contributed by atoms with E-state index in [4.69, 9.17) is 41.7 Å². The monoisotopic (exact) mass is 687 g/mol. The lowest BCUT2D eigenvalue weighted by Crippen LogP contribution is -2.32. The molecular weight excluding hydrogens is 649 g/mol. The molecule has 0 bridgehead atoms. The van der Waals surface area contributed by atoms with Gasteiger partial charge >= 0.3 is 31.7 Å². The van der Waals surface area contributed by atoms with Crippen LogP contribution in [0.25, 0.3) is 10.8 Å². The quantitative estimate of drug-likeness (QED) is 0.102. The summed E-state index contributed by atoms with van der Waals surface area (Å²) in [6.45, 7) is -0.278. The molecule has 0 aromatic heterocycles. The van der Waals surface area contributed by atoms with Gasteiger partial charge in [0.2, 0.25) is 0 Å². The maximum Gasteiger partial charge on any atom is 0.524 e. The highest BCUT2D eigenvalue weighted by Crippen LogP contribution is 2.37. The van der Waals surface area contributed by atoms with Crippen molar-refractivity contribution in [3.63, 3.8) is 0 Å². The third-order valence-corrected chi connectivity index (χ3v) is 6.33. The Labute approximate surface area is 275 Å². The van der Waals surface area contributed by atoms with Crippen molar-refractivity contribution in [3.8, 4) is 5.75 Å². The number of hydrogen-bond donors (Lipinski definition) is 9. The lowest BCUT2D eigenvalue weighted by molar-refractivity contribution is -0.139. The molecule has 258 valence electrons. The van der Waals surface area contributed by atoms with Crippen molar-refractivity contribution in [3.05, 3.63) is 114 Å². The number of phosphoric ester groups is 1. The van der Waals surface area contributed by atoms with Gasteiger partial charge in [0.1, 0.15) is 17.8 Å². The number of aliphatic carboxylic acids is 4. The van der Waals surface area contributed by atoms with Gasteiger partial charge in [0.05, 0.1) is 13.0 Å². The Kier molecular flexibility index (Phi) is 17.8. The molecule has 2 atom stereocenters. The molecule has 0 saturated carbocycles. The molecule has 0 heterocycles. The van der Waals surface area contributed by atoms with Crippen LogP contribution >= 0.6 is 7.82 Å². The van der Waals surface area contributed by atoms with Crippen molar-refractivity contribution >= 4 is 42.5 Å². The minimum atomic E-state index is -4.56. The third kappa shape index (κ3) is 18.1. The second-order valence-corrected chi connectivity index (χ2v) is 11.0. The van der Waals surface area contributed by atoms with Crippen molar-refractivity contribution in [2.75, 3.05) is 6.54 Å². The molecule has 4 aromatic carbocycles. The van der Waals surface area contributed by atoms with Gasteiger partial charge in [0, 0.05) is 0 Å². The fourth-order valence-electron chi connectivity index (χ4n) is 3.64. The lowest BCUT2D eigenvalue weighted by atomic mass is 10.1. The summed E-state index contributed by atoms with van der Waals surface area (Å²) in [5.41, 5.74) is 17.7. The van der Waals surface area contributed by atoms with Crippen LogP contribution < -0.4 is 21.7 Å². The predicted octanol–water partition coefficient (Wildman–Crippen LogP) is 2.25. The first-order valence-electron chi connectivity index (χ1n) is 14.0. The first kappa shape index (κ1) is 40.9. The maximum absolute atomic E-state index is 10.5. The van der Waals surface area contributed by atoms with E-state index in [2.05, 4.69) is 10.3 Å². The fourth-order valence-corrected chi connectivity index (χ4v) is 4.04. The van der Waals surface area contributed by atoms with Crippen LogP contribution in [0, 0.1) is 0 Å². The van der Waals surface area contributed by atoms with E-state index in [9.17, 15) is 23.7 Å². The summed E-state index contributed by atoms with van der Waals surface area (Å²) in [7, 11) is -4.56. The summed E-state index contributed by atoms with van der Waals surface area (Å²) in [6, 6.07) is 26.8. The summed E-state index contributed by atoms with van der Waals surface area (Å²) in [5.74, 6) is -3.82. The van der Waals surface area contributed by atoms with E-state index in [1.807, 2.05) is 72.8 Å². The van der Waals surface area contributed by atoms with Crippen LogP contribution in [-0.2, 0) is 43.0 Å². The Morgan fingerprint density at radius 3 is 1.50 bits per heavy atom. The van der Waals surface area contributed by atoms with Gasteiger partial charge in [-0.25, -0.2) is 4.57 Å². The number of nitrogens with two attached hydrogens (primary N) is 3. The topological polar surface area (TPSA) is 294 Å². The molecule has 0 saturated heterocycles. The Bertz CT molecular complexity index is 1660. The number of phosphoric acid groups is 1. The zero-order valence-electron chi connectivity index (χ0n) is 25.5. The Balaban J connectivity index is 0.000000340. The maximum atomic E-state index is 10.5. The Hall–Kier alpha value is -5.15. The number of rotatable bonds is 11. The predicted molar refractivity (Wildman–Crippen MR) is 176 cm³/mol. The van der Waals surface area contributed by atoms with E-state index in [0.717, 1.165) is 21.9 Å². The zero-order valence-corrected chi connectivity index (χ0v) is 26.4. The lowest BCUT2D eigenvalue weighted by Gasteiger charge is -2.09. The van der Waals surface area contributed by atoms with Crippen molar-refractivity contribution < 1.29 is 58.5 Å². The van der Waals surface area contributed by atoms with E-state index in [1.165, 1.54) is 24.3 Å². The standard InChI is InChI=1S/C12H10O2.C9H12NO6P.C9H11NO2.C2H5NO2/c13-12(14)8-9-5-6-10-3-1-2-4-11(10)7-9;10-8(9(11)12)5-6-1-3-7(4-2-6)16-17(13,14)15;10-8(9(11)12)6-7-4-2-1-3-5-7;3-1-2(4)5/h1-7H,8H2,(H,13,14);1-4,8H,5,10H2,(H,11,12)(H2,13,14,15);1-5,8H,6,10H2,(H,11,12);1,3H2,(H,4,5). The van der Waals surface area contributed by atoms with Crippen LogP contribution in [0.5, 0.6) is 5.75 Å². The number of benzene rings is 4. The van der Waals surface area contributed by atoms with Crippen molar-refractivity contribution in [2.45, 2.75) is 31.3 Å². The molecule has 16 heteroatoms. The Morgan fingerprint density at radius 1 is 0.625 bits per heavy atom. The Morgan fingerprint density at radius 2 is 1.06 bits per heavy atom. The summed E-state index contributed by atoms with van der Waals surface area (Å²) in [6.07, 6.45) is 0.604. The minimum Gasteiger partial charge on any atom is -0.481 e. The average Bonchev–Trinajstić information content (AvgIpc) is 3.02. The van der Waals surface area contributed by atoms with Gasteiger partial charge in [-0.15, -0.1) is 0 Å². The molecule has 4 aromatic rings. The molecule has 15 nitrogen and oxygen atoms in total. The number of hydrogen-bond acceptors (Lipinski definition) is 9. The molecule has 4 rings (SSSR count). The van der Waals surface area contributed by atoms with Gasteiger partial charge in [0.25, 0.3) is 0 Å². The van der Waals surface area contributed by atoms with Crippen LogP contribution in [0.2, 0.25) is 0 Å². The molecule has 0 aliphatic carbocycles. The minimum absolute atomic E-state index is 0.00554. The normalized spacial score (nSPS) is 11.5. The van der Waals surface area contributed by atoms with Crippen LogP contribution in [0.1, 0.15) is 16.7 Å². The highest BCUT2D eigenvalue weighted by atomic mass is 31.2. The molecule has 48 heavy (non-hydrogen) atoms. The molecule has 12 N–H and O–H groups in total. The van der Waals surface area contributed by atoms with Crippen LogP contribution in [-0.4, -0.2) is 72.7 Å². The second kappa shape index (κ2) is 20.9. The highest BCUT2D eigenvalue weighted by molar-refractivity contribution is 7.46. The number of carbonyl (C=O) groups is 4. The van der Waals surface area contributed by atoms with E-state index in [1.54, 1.807) is 0 Å². The molecule has 2 unspecified atom stereocenters. The summed E-state index contributed by atoms with van der Waals surface area (Å²) >= 11 is 0. The smallest absolute Gasteiger partial charge is 0.481 e. The largest absolute Gasteiger partial charge is 0.524 e. The van der Waals surface area contributed by atoms with Gasteiger partial charge in [-0.3, -0.25) is 29.0 Å². The fraction of sp³-hybridized carbons (Fsp3) is 0.188. The first-order valence-corrected chi connectivity index (χ1v) is 15.5. The molecule has 0 spiro atoms. The second-order valence-electron chi connectivity index (χ2n) is 9.86. The summed E-state index contributed by atoms with van der Waals surface area (Å²) in [5, 5.41) is 35.6. The van der Waals surface area contributed by atoms with Gasteiger partial charge in [-0.2, -0.15) is 0 Å². The van der Waals surface area contributed by atoms with Gasteiger partial charge in [0.15, 0.2) is 0 Å². The average molecular weight is 688 g/mol. The third-order valence-electron chi connectivity index (χ3n) is 5.88. The molecule has 0 aliphatic heterocycles. The van der Waals surface area contributed by atoms with E-state index < -0.39 is 43.8 Å². The van der Waals surface area contributed by atoms with Crippen molar-refractivity contribution in [1.29, 1.82) is 0 Å². The van der Waals surface area contributed by atoms with Gasteiger partial charge < -0.3 is 42.2 Å². The van der Waals surface area contributed by atoms with Crippen LogP contribution in [0.3, 0.4) is 0 Å². The molecule has 0 fully saturated rings. The first-order chi connectivity index (χ1) is 22.5.